The van der Waals surface area contributed by atoms with Gasteiger partial charge in [-0.15, -0.1) is 12.4 Å². The minimum Gasteiger partial charge on any atom is -0.328 e. The van der Waals surface area contributed by atoms with Crippen LogP contribution in [0.3, 0.4) is 0 Å². The molecule has 1 heterocycles. The van der Waals surface area contributed by atoms with Crippen molar-refractivity contribution in [2.75, 3.05) is 13.1 Å². The van der Waals surface area contributed by atoms with E-state index in [0.29, 0.717) is 5.56 Å². The molecule has 0 saturated carbocycles. The third-order valence-corrected chi connectivity index (χ3v) is 3.53. The molecule has 0 radical (unpaired) electrons. The molecule has 1 saturated heterocycles. The predicted octanol–water partition coefficient (Wildman–Crippen LogP) is 2.87. The van der Waals surface area contributed by atoms with Crippen LogP contribution in [0, 0.1) is 11.6 Å². The van der Waals surface area contributed by atoms with E-state index in [1.807, 2.05) is 6.92 Å². The molecule has 0 amide bonds. The van der Waals surface area contributed by atoms with Crippen molar-refractivity contribution in [3.8, 4) is 0 Å². The molecule has 0 bridgehead atoms. The maximum absolute atomic E-state index is 13.6. The highest BCUT2D eigenvalue weighted by molar-refractivity contribution is 5.85. The second kappa shape index (κ2) is 6.45. The Bertz CT molecular complexity index is 393. The van der Waals surface area contributed by atoms with Crippen LogP contribution in [0.2, 0.25) is 0 Å². The van der Waals surface area contributed by atoms with Gasteiger partial charge in [-0.1, -0.05) is 0 Å². The number of nitrogens with zero attached hydrogens (tertiary/aromatic N) is 1. The first-order chi connectivity index (χ1) is 8.08. The first-order valence-corrected chi connectivity index (χ1v) is 6.02. The molecule has 0 aromatic heterocycles. The number of rotatable bonds is 2. The lowest BCUT2D eigenvalue weighted by Crippen LogP contribution is -2.41. The van der Waals surface area contributed by atoms with Gasteiger partial charge in [-0.2, -0.15) is 0 Å². The summed E-state index contributed by atoms with van der Waals surface area (Å²) < 4.78 is 26.8. The fourth-order valence-electron chi connectivity index (χ4n) is 2.34. The first kappa shape index (κ1) is 15.3. The highest BCUT2D eigenvalue weighted by atomic mass is 35.5. The summed E-state index contributed by atoms with van der Waals surface area (Å²) in [5.74, 6) is -0.726. The van der Waals surface area contributed by atoms with Crippen molar-refractivity contribution in [2.24, 2.45) is 5.73 Å². The number of likely N-dealkylation sites (tertiary alicyclic amines) is 1. The lowest BCUT2D eigenvalue weighted by atomic mass is 10.0. The van der Waals surface area contributed by atoms with Crippen LogP contribution < -0.4 is 5.73 Å². The van der Waals surface area contributed by atoms with E-state index in [2.05, 4.69) is 4.90 Å². The van der Waals surface area contributed by atoms with Crippen LogP contribution >= 0.6 is 12.4 Å². The zero-order valence-corrected chi connectivity index (χ0v) is 11.2. The average Bonchev–Trinajstić information content (AvgIpc) is 2.32. The van der Waals surface area contributed by atoms with Crippen molar-refractivity contribution < 1.29 is 8.78 Å². The van der Waals surface area contributed by atoms with Gasteiger partial charge >= 0.3 is 0 Å². The van der Waals surface area contributed by atoms with Gasteiger partial charge in [0, 0.05) is 30.7 Å². The zero-order chi connectivity index (χ0) is 12.4. The van der Waals surface area contributed by atoms with Crippen LogP contribution in [0.5, 0.6) is 0 Å². The molecule has 2 rings (SSSR count). The van der Waals surface area contributed by atoms with Gasteiger partial charge in [0.15, 0.2) is 0 Å². The van der Waals surface area contributed by atoms with Crippen molar-refractivity contribution >= 4 is 12.4 Å². The summed E-state index contributed by atoms with van der Waals surface area (Å²) in [7, 11) is 0. The highest BCUT2D eigenvalue weighted by Gasteiger charge is 2.23. The summed E-state index contributed by atoms with van der Waals surface area (Å²) in [5, 5.41) is 0. The number of piperidine rings is 1. The summed E-state index contributed by atoms with van der Waals surface area (Å²) >= 11 is 0. The minimum absolute atomic E-state index is 0. The SMILES string of the molecule is CC(c1cc(F)ccc1F)N1CCC(N)CC1.Cl. The number of nitrogens with two attached hydrogens (primary N) is 1. The molecule has 0 spiro atoms. The fraction of sp³-hybridized carbons (Fsp3) is 0.538. The number of hydrogen-bond acceptors (Lipinski definition) is 2. The molecule has 1 unspecified atom stereocenters. The Labute approximate surface area is 113 Å². The standard InChI is InChI=1S/C13H18F2N2.ClH/c1-9(17-6-4-11(16)5-7-17)12-8-10(14)2-3-13(12)15;/h2-3,8-9,11H,4-7,16H2,1H3;1H. The smallest absolute Gasteiger partial charge is 0.128 e. The Balaban J connectivity index is 0.00000162. The van der Waals surface area contributed by atoms with Crippen LogP contribution in [0.4, 0.5) is 8.78 Å². The molecule has 1 aliphatic heterocycles. The van der Waals surface area contributed by atoms with Gasteiger partial charge in [-0.05, 0) is 38.0 Å². The average molecular weight is 277 g/mol. The maximum atomic E-state index is 13.6. The van der Waals surface area contributed by atoms with Crippen LogP contribution in [-0.2, 0) is 0 Å². The summed E-state index contributed by atoms with van der Waals surface area (Å²) in [6, 6.07) is 3.78. The molecule has 1 aromatic rings. The molecular weight excluding hydrogens is 258 g/mol. The monoisotopic (exact) mass is 276 g/mol. The molecular formula is C13H19ClF2N2. The first-order valence-electron chi connectivity index (χ1n) is 6.02. The van der Waals surface area contributed by atoms with Gasteiger partial charge < -0.3 is 5.73 Å². The van der Waals surface area contributed by atoms with E-state index in [1.165, 1.54) is 12.1 Å². The quantitative estimate of drug-likeness (QED) is 0.900. The molecule has 18 heavy (non-hydrogen) atoms. The van der Waals surface area contributed by atoms with Gasteiger partial charge in [0.05, 0.1) is 0 Å². The third kappa shape index (κ3) is 3.40. The zero-order valence-electron chi connectivity index (χ0n) is 10.4. The Morgan fingerprint density at radius 1 is 1.28 bits per heavy atom. The van der Waals surface area contributed by atoms with Crippen LogP contribution in [-0.4, -0.2) is 24.0 Å². The number of benzene rings is 1. The lowest BCUT2D eigenvalue weighted by Gasteiger charge is -2.35. The Morgan fingerprint density at radius 3 is 2.50 bits per heavy atom. The van der Waals surface area contributed by atoms with Gasteiger partial charge in [-0.25, -0.2) is 8.78 Å². The Kier molecular flexibility index (Phi) is 5.50. The molecule has 5 heteroatoms. The van der Waals surface area contributed by atoms with E-state index in [0.717, 1.165) is 32.0 Å². The largest absolute Gasteiger partial charge is 0.328 e. The van der Waals surface area contributed by atoms with E-state index in [-0.39, 0.29) is 36.1 Å². The summed E-state index contributed by atoms with van der Waals surface area (Å²) in [5.41, 5.74) is 6.26. The van der Waals surface area contributed by atoms with Gasteiger partial charge in [0.25, 0.3) is 0 Å². The number of halogens is 3. The van der Waals surface area contributed by atoms with E-state index < -0.39 is 0 Å². The second-order valence-electron chi connectivity index (χ2n) is 4.72. The molecule has 1 atom stereocenters. The number of hydrogen-bond donors (Lipinski definition) is 1. The molecule has 2 nitrogen and oxygen atoms in total. The molecule has 2 N–H and O–H groups in total. The lowest BCUT2D eigenvalue weighted by molar-refractivity contribution is 0.160. The summed E-state index contributed by atoms with van der Waals surface area (Å²) in [4.78, 5) is 2.15. The molecule has 102 valence electrons. The maximum Gasteiger partial charge on any atom is 0.128 e. The van der Waals surface area contributed by atoms with E-state index in [4.69, 9.17) is 5.73 Å². The van der Waals surface area contributed by atoms with Gasteiger partial charge in [0.2, 0.25) is 0 Å². The van der Waals surface area contributed by atoms with Crippen molar-refractivity contribution in [3.05, 3.63) is 35.4 Å². The minimum atomic E-state index is -0.387. The third-order valence-electron chi connectivity index (χ3n) is 3.53. The second-order valence-corrected chi connectivity index (χ2v) is 4.72. The molecule has 1 aliphatic rings. The molecule has 0 aliphatic carbocycles. The molecule has 1 aromatic carbocycles. The summed E-state index contributed by atoms with van der Waals surface area (Å²) in [6.07, 6.45) is 1.84. The van der Waals surface area contributed by atoms with Crippen molar-refractivity contribution in [3.63, 3.8) is 0 Å². The van der Waals surface area contributed by atoms with E-state index in [9.17, 15) is 8.78 Å². The van der Waals surface area contributed by atoms with Crippen LogP contribution in [0.15, 0.2) is 18.2 Å². The molecule has 1 fully saturated rings. The summed E-state index contributed by atoms with van der Waals surface area (Å²) in [6.45, 7) is 3.60. The van der Waals surface area contributed by atoms with Crippen LogP contribution in [0.25, 0.3) is 0 Å². The van der Waals surface area contributed by atoms with Crippen molar-refractivity contribution in [1.82, 2.24) is 4.90 Å². The fourth-order valence-corrected chi connectivity index (χ4v) is 2.34. The van der Waals surface area contributed by atoms with E-state index >= 15 is 0 Å². The normalized spacial score (nSPS) is 19.3. The van der Waals surface area contributed by atoms with Crippen molar-refractivity contribution in [2.45, 2.75) is 31.8 Å². The van der Waals surface area contributed by atoms with Crippen LogP contribution in [0.1, 0.15) is 31.4 Å². The van der Waals surface area contributed by atoms with Gasteiger partial charge in [-0.3, -0.25) is 4.90 Å². The van der Waals surface area contributed by atoms with E-state index in [1.54, 1.807) is 0 Å². The Hall–Kier alpha value is -0.710. The highest BCUT2D eigenvalue weighted by Crippen LogP contribution is 2.26. The van der Waals surface area contributed by atoms with Gasteiger partial charge in [0.1, 0.15) is 11.6 Å². The topological polar surface area (TPSA) is 29.3 Å². The predicted molar refractivity (Wildman–Crippen MR) is 70.8 cm³/mol. The Morgan fingerprint density at radius 2 is 1.89 bits per heavy atom. The van der Waals surface area contributed by atoms with Crippen molar-refractivity contribution in [1.29, 1.82) is 0 Å².